The third kappa shape index (κ3) is 5.20. The van der Waals surface area contributed by atoms with Crippen LogP contribution in [-0.4, -0.2) is 37.3 Å². The van der Waals surface area contributed by atoms with Crippen LogP contribution in [0.2, 0.25) is 0 Å². The van der Waals surface area contributed by atoms with E-state index in [1.807, 2.05) is 0 Å². The molecule has 1 amide bonds. The number of amides is 1. The fourth-order valence-electron chi connectivity index (χ4n) is 2.38. The zero-order chi connectivity index (χ0) is 19.4. The number of aryl methyl sites for hydroxylation is 1. The minimum absolute atomic E-state index is 0.0852. The molecule has 0 heterocycles. The monoisotopic (exact) mass is 351 g/mol. The Bertz CT molecular complexity index is 688. The Morgan fingerprint density at radius 2 is 1.68 bits per heavy atom. The first-order chi connectivity index (χ1) is 11.5. The number of anilines is 1. The zero-order valence-electron chi connectivity index (χ0n) is 15.7. The van der Waals surface area contributed by atoms with Crippen molar-refractivity contribution in [3.8, 4) is 0 Å². The number of methoxy groups -OCH3 is 1. The molecule has 138 valence electrons. The van der Waals surface area contributed by atoms with Gasteiger partial charge in [0.1, 0.15) is 5.60 Å². The fourth-order valence-corrected chi connectivity index (χ4v) is 2.38. The van der Waals surface area contributed by atoms with Gasteiger partial charge < -0.3 is 14.2 Å². The summed E-state index contributed by atoms with van der Waals surface area (Å²) < 4.78 is 15.0. The minimum atomic E-state index is -0.708. The van der Waals surface area contributed by atoms with Gasteiger partial charge in [0.15, 0.2) is 0 Å². The highest BCUT2D eigenvalue weighted by Crippen LogP contribution is 2.28. The number of carbonyl (C=O) groups is 3. The summed E-state index contributed by atoms with van der Waals surface area (Å²) in [4.78, 5) is 36.4. The van der Waals surface area contributed by atoms with Crippen molar-refractivity contribution in [2.24, 2.45) is 0 Å². The molecule has 1 N–H and O–H groups in total. The molecule has 0 unspecified atom stereocenters. The number of carbonyl (C=O) groups excluding carboxylic acids is 3. The fraction of sp³-hybridized carbons (Fsp3) is 0.500. The summed E-state index contributed by atoms with van der Waals surface area (Å²) in [6.07, 6.45) is -0.708. The Kier molecular flexibility index (Phi) is 6.55. The molecule has 0 radical (unpaired) electrons. The van der Waals surface area contributed by atoms with E-state index in [1.54, 1.807) is 41.5 Å². The van der Waals surface area contributed by atoms with Gasteiger partial charge in [-0.05, 0) is 58.7 Å². The average Bonchev–Trinajstić information content (AvgIpc) is 2.44. The topological polar surface area (TPSA) is 90.9 Å². The van der Waals surface area contributed by atoms with Gasteiger partial charge in [-0.15, -0.1) is 0 Å². The predicted octanol–water partition coefficient (Wildman–Crippen LogP) is 3.61. The van der Waals surface area contributed by atoms with Crippen molar-refractivity contribution in [3.63, 3.8) is 0 Å². The smallest absolute Gasteiger partial charge is 0.412 e. The Hall–Kier alpha value is -2.57. The molecule has 0 aliphatic rings. The van der Waals surface area contributed by atoms with Crippen LogP contribution < -0.4 is 5.32 Å². The third-order valence-corrected chi connectivity index (χ3v) is 3.28. The summed E-state index contributed by atoms with van der Waals surface area (Å²) >= 11 is 0. The van der Waals surface area contributed by atoms with E-state index < -0.39 is 23.6 Å². The van der Waals surface area contributed by atoms with Crippen LogP contribution >= 0.6 is 0 Å². The number of hydrogen-bond acceptors (Lipinski definition) is 6. The number of esters is 2. The Balaban J connectivity index is 3.41. The molecular formula is C18H25NO6. The van der Waals surface area contributed by atoms with Gasteiger partial charge in [0.25, 0.3) is 0 Å². The molecule has 1 rings (SSSR count). The number of hydrogen-bond donors (Lipinski definition) is 1. The summed E-state index contributed by atoms with van der Waals surface area (Å²) in [5.41, 5.74) is 0.818. The molecule has 1 aromatic rings. The molecule has 1 aromatic carbocycles. The number of nitrogens with one attached hydrogen (secondary N) is 1. The van der Waals surface area contributed by atoms with E-state index in [0.29, 0.717) is 11.1 Å². The number of rotatable bonds is 4. The summed E-state index contributed by atoms with van der Waals surface area (Å²) in [6, 6.07) is 1.52. The van der Waals surface area contributed by atoms with E-state index in [1.165, 1.54) is 13.2 Å². The second kappa shape index (κ2) is 8.00. The predicted molar refractivity (Wildman–Crippen MR) is 93.1 cm³/mol. The zero-order valence-corrected chi connectivity index (χ0v) is 15.7. The molecule has 0 bridgehead atoms. The maximum atomic E-state index is 12.2. The van der Waals surface area contributed by atoms with Crippen LogP contribution in [0.15, 0.2) is 6.07 Å². The van der Waals surface area contributed by atoms with Crippen LogP contribution in [0.25, 0.3) is 0 Å². The summed E-state index contributed by atoms with van der Waals surface area (Å²) in [7, 11) is 1.23. The van der Waals surface area contributed by atoms with Crippen LogP contribution in [0.4, 0.5) is 10.5 Å². The largest absolute Gasteiger partial charge is 0.465 e. The van der Waals surface area contributed by atoms with Crippen LogP contribution in [-0.2, 0) is 14.2 Å². The van der Waals surface area contributed by atoms with E-state index in [0.717, 1.165) is 0 Å². The van der Waals surface area contributed by atoms with E-state index in [4.69, 9.17) is 14.2 Å². The average molecular weight is 351 g/mol. The molecule has 0 spiro atoms. The van der Waals surface area contributed by atoms with Crippen molar-refractivity contribution >= 4 is 23.7 Å². The summed E-state index contributed by atoms with van der Waals surface area (Å²) in [5.74, 6) is -1.21. The van der Waals surface area contributed by atoms with Crippen molar-refractivity contribution in [1.82, 2.24) is 0 Å². The molecule has 7 heteroatoms. The molecule has 0 fully saturated rings. The third-order valence-electron chi connectivity index (χ3n) is 3.28. The maximum Gasteiger partial charge on any atom is 0.412 e. The van der Waals surface area contributed by atoms with Crippen LogP contribution in [0.5, 0.6) is 0 Å². The standard InChI is InChI=1S/C18H25NO6/c1-8-24-16(21)13-10(2)9-12(14(11(13)3)15(20)23-7)19-17(22)25-18(4,5)6/h9H,8H2,1-7H3,(H,19,22). The van der Waals surface area contributed by atoms with Gasteiger partial charge in [-0.3, -0.25) is 5.32 Å². The van der Waals surface area contributed by atoms with Crippen LogP contribution in [0.3, 0.4) is 0 Å². The van der Waals surface area contributed by atoms with Gasteiger partial charge in [-0.25, -0.2) is 14.4 Å². The Morgan fingerprint density at radius 3 is 2.16 bits per heavy atom. The lowest BCUT2D eigenvalue weighted by molar-refractivity contribution is 0.0524. The molecule has 0 aromatic heterocycles. The lowest BCUT2D eigenvalue weighted by atomic mass is 9.95. The minimum Gasteiger partial charge on any atom is -0.465 e. The van der Waals surface area contributed by atoms with Crippen LogP contribution in [0.1, 0.15) is 59.5 Å². The maximum absolute atomic E-state index is 12.2. The van der Waals surface area contributed by atoms with Gasteiger partial charge in [0, 0.05) is 0 Å². The quantitative estimate of drug-likeness (QED) is 0.658. The molecule has 0 saturated heterocycles. The molecule has 25 heavy (non-hydrogen) atoms. The first kappa shape index (κ1) is 20.5. The van der Waals surface area contributed by atoms with Crippen molar-refractivity contribution < 1.29 is 28.6 Å². The van der Waals surface area contributed by atoms with Gasteiger partial charge in [0.05, 0.1) is 30.5 Å². The number of benzene rings is 1. The van der Waals surface area contributed by atoms with E-state index in [9.17, 15) is 14.4 Å². The molecule has 0 aliphatic carbocycles. The van der Waals surface area contributed by atoms with Crippen molar-refractivity contribution in [3.05, 3.63) is 28.3 Å². The highest BCUT2D eigenvalue weighted by atomic mass is 16.6. The van der Waals surface area contributed by atoms with Crippen molar-refractivity contribution in [2.75, 3.05) is 19.0 Å². The second-order valence-electron chi connectivity index (χ2n) is 6.45. The molecule has 0 saturated carbocycles. The molecular weight excluding hydrogens is 326 g/mol. The van der Waals surface area contributed by atoms with Gasteiger partial charge in [-0.1, -0.05) is 0 Å². The Morgan fingerprint density at radius 1 is 1.08 bits per heavy atom. The van der Waals surface area contributed by atoms with Crippen molar-refractivity contribution in [1.29, 1.82) is 0 Å². The SMILES string of the molecule is CCOC(=O)c1c(C)cc(NC(=O)OC(C)(C)C)c(C(=O)OC)c1C. The van der Waals surface area contributed by atoms with E-state index >= 15 is 0 Å². The first-order valence-corrected chi connectivity index (χ1v) is 7.91. The molecule has 0 atom stereocenters. The van der Waals surface area contributed by atoms with E-state index in [2.05, 4.69) is 5.32 Å². The van der Waals surface area contributed by atoms with Crippen LogP contribution in [0, 0.1) is 13.8 Å². The highest BCUT2D eigenvalue weighted by molar-refractivity contribution is 6.05. The summed E-state index contributed by atoms with van der Waals surface area (Å²) in [5, 5.41) is 2.55. The number of ether oxygens (including phenoxy) is 3. The van der Waals surface area contributed by atoms with Crippen molar-refractivity contribution in [2.45, 2.75) is 47.1 Å². The second-order valence-corrected chi connectivity index (χ2v) is 6.45. The highest BCUT2D eigenvalue weighted by Gasteiger charge is 2.26. The van der Waals surface area contributed by atoms with E-state index in [-0.39, 0.29) is 23.4 Å². The summed E-state index contributed by atoms with van der Waals surface area (Å²) in [6.45, 7) is 10.4. The Labute approximate surface area is 147 Å². The van der Waals surface area contributed by atoms with Gasteiger partial charge in [-0.2, -0.15) is 0 Å². The normalized spacial score (nSPS) is 10.8. The first-order valence-electron chi connectivity index (χ1n) is 7.91. The molecule has 0 aliphatic heterocycles. The van der Waals surface area contributed by atoms with Gasteiger partial charge in [0.2, 0.25) is 0 Å². The lowest BCUT2D eigenvalue weighted by Crippen LogP contribution is -2.28. The lowest BCUT2D eigenvalue weighted by Gasteiger charge is -2.21. The van der Waals surface area contributed by atoms with Gasteiger partial charge >= 0.3 is 18.0 Å². The molecule has 7 nitrogen and oxygen atoms in total.